The molecule has 0 atom stereocenters. The minimum atomic E-state index is -0.206. The van der Waals surface area contributed by atoms with Gasteiger partial charge in [-0.05, 0) is 6.92 Å². The van der Waals surface area contributed by atoms with Crippen molar-refractivity contribution in [1.29, 1.82) is 0 Å². The standard InChI is InChI=1S/C10H13N5OS/c1-6-5-17-9(13-6)2-3-12-10(16)7-4-8(11)15-14-7/h4-5H,2-3H2,1H3,(H,12,16)(H3,11,14,15). The second-order valence-electron chi connectivity index (χ2n) is 3.60. The zero-order valence-corrected chi connectivity index (χ0v) is 10.2. The number of aryl methyl sites for hydroxylation is 1. The third-order valence-corrected chi connectivity index (χ3v) is 3.16. The number of aromatic nitrogens is 3. The first kappa shape index (κ1) is 11.6. The molecule has 6 nitrogen and oxygen atoms in total. The van der Waals surface area contributed by atoms with Crippen LogP contribution in [0.1, 0.15) is 21.2 Å². The third kappa shape index (κ3) is 3.04. The molecular weight excluding hydrogens is 238 g/mol. The van der Waals surface area contributed by atoms with Crippen LogP contribution in [0, 0.1) is 6.92 Å². The molecule has 90 valence electrons. The number of hydrogen-bond acceptors (Lipinski definition) is 5. The number of nitrogens with one attached hydrogen (secondary N) is 2. The van der Waals surface area contributed by atoms with Gasteiger partial charge in [-0.3, -0.25) is 9.89 Å². The Kier molecular flexibility index (Phi) is 3.38. The maximum absolute atomic E-state index is 11.6. The summed E-state index contributed by atoms with van der Waals surface area (Å²) in [4.78, 5) is 15.9. The Bertz CT molecular complexity index is 518. The topological polar surface area (TPSA) is 96.7 Å². The molecule has 0 aliphatic rings. The Hall–Kier alpha value is -1.89. The fourth-order valence-electron chi connectivity index (χ4n) is 1.35. The van der Waals surface area contributed by atoms with Crippen molar-refractivity contribution in [3.05, 3.63) is 27.8 Å². The summed E-state index contributed by atoms with van der Waals surface area (Å²) in [5.74, 6) is 0.105. The maximum Gasteiger partial charge on any atom is 0.269 e. The fourth-order valence-corrected chi connectivity index (χ4v) is 2.13. The quantitative estimate of drug-likeness (QED) is 0.746. The summed E-state index contributed by atoms with van der Waals surface area (Å²) in [5, 5.41) is 12.0. The van der Waals surface area contributed by atoms with E-state index >= 15 is 0 Å². The van der Waals surface area contributed by atoms with Gasteiger partial charge in [0, 0.05) is 30.1 Å². The van der Waals surface area contributed by atoms with E-state index in [-0.39, 0.29) is 5.91 Å². The summed E-state index contributed by atoms with van der Waals surface area (Å²) >= 11 is 1.60. The van der Waals surface area contributed by atoms with Crippen LogP contribution >= 0.6 is 11.3 Å². The molecule has 17 heavy (non-hydrogen) atoms. The van der Waals surface area contributed by atoms with Crippen molar-refractivity contribution in [2.45, 2.75) is 13.3 Å². The van der Waals surface area contributed by atoms with Crippen LogP contribution in [0.4, 0.5) is 5.82 Å². The van der Waals surface area contributed by atoms with Crippen molar-refractivity contribution < 1.29 is 4.79 Å². The SMILES string of the molecule is Cc1csc(CCNC(=O)c2cc(N)n[nH]2)n1. The molecule has 2 rings (SSSR count). The molecule has 0 saturated carbocycles. The Balaban J connectivity index is 1.81. The average Bonchev–Trinajstić information content (AvgIpc) is 2.88. The average molecular weight is 251 g/mol. The highest BCUT2D eigenvalue weighted by molar-refractivity contribution is 7.09. The van der Waals surface area contributed by atoms with Crippen molar-refractivity contribution in [3.8, 4) is 0 Å². The zero-order chi connectivity index (χ0) is 12.3. The number of amides is 1. The zero-order valence-electron chi connectivity index (χ0n) is 9.36. The molecule has 0 aliphatic carbocycles. The van der Waals surface area contributed by atoms with E-state index in [1.54, 1.807) is 11.3 Å². The number of anilines is 1. The van der Waals surface area contributed by atoms with Crippen LogP contribution in [0.3, 0.4) is 0 Å². The first-order valence-electron chi connectivity index (χ1n) is 5.15. The largest absolute Gasteiger partial charge is 0.382 e. The van der Waals surface area contributed by atoms with Crippen LogP contribution in [0.15, 0.2) is 11.4 Å². The normalized spacial score (nSPS) is 10.4. The summed E-state index contributed by atoms with van der Waals surface area (Å²) in [6.07, 6.45) is 0.730. The Labute approximate surface area is 102 Å². The molecule has 0 unspecified atom stereocenters. The molecule has 0 bridgehead atoms. The highest BCUT2D eigenvalue weighted by Crippen LogP contribution is 2.08. The van der Waals surface area contributed by atoms with Crippen molar-refractivity contribution in [2.75, 3.05) is 12.3 Å². The number of nitrogens with zero attached hydrogens (tertiary/aromatic N) is 2. The first-order valence-corrected chi connectivity index (χ1v) is 6.03. The van der Waals surface area contributed by atoms with E-state index in [0.29, 0.717) is 18.1 Å². The smallest absolute Gasteiger partial charge is 0.269 e. The summed E-state index contributed by atoms with van der Waals surface area (Å²) in [6, 6.07) is 1.50. The first-order chi connectivity index (χ1) is 8.15. The van der Waals surface area contributed by atoms with Crippen LogP contribution < -0.4 is 11.1 Å². The second kappa shape index (κ2) is 4.96. The highest BCUT2D eigenvalue weighted by atomic mass is 32.1. The van der Waals surface area contributed by atoms with Gasteiger partial charge < -0.3 is 11.1 Å². The van der Waals surface area contributed by atoms with Crippen LogP contribution in [0.5, 0.6) is 0 Å². The van der Waals surface area contributed by atoms with Crippen LogP contribution in [0.2, 0.25) is 0 Å². The van der Waals surface area contributed by atoms with E-state index < -0.39 is 0 Å². The number of carbonyl (C=O) groups excluding carboxylic acids is 1. The summed E-state index contributed by atoms with van der Waals surface area (Å²) in [7, 11) is 0. The van der Waals surface area contributed by atoms with E-state index in [1.165, 1.54) is 6.07 Å². The van der Waals surface area contributed by atoms with Crippen LogP contribution in [-0.4, -0.2) is 27.6 Å². The van der Waals surface area contributed by atoms with Gasteiger partial charge >= 0.3 is 0 Å². The number of carbonyl (C=O) groups is 1. The van der Waals surface area contributed by atoms with Gasteiger partial charge in [-0.1, -0.05) is 0 Å². The van der Waals surface area contributed by atoms with Gasteiger partial charge in [0.1, 0.15) is 11.5 Å². The molecule has 0 aliphatic heterocycles. The Morgan fingerprint density at radius 3 is 3.06 bits per heavy atom. The van der Waals surface area contributed by atoms with Crippen LogP contribution in [0.25, 0.3) is 0 Å². The fraction of sp³-hybridized carbons (Fsp3) is 0.300. The lowest BCUT2D eigenvalue weighted by atomic mass is 10.3. The summed E-state index contributed by atoms with van der Waals surface area (Å²) < 4.78 is 0. The molecule has 2 aromatic heterocycles. The van der Waals surface area contributed by atoms with Gasteiger partial charge in [0.05, 0.1) is 5.01 Å². The lowest BCUT2D eigenvalue weighted by Crippen LogP contribution is -2.26. The molecule has 1 amide bonds. The number of aromatic amines is 1. The lowest BCUT2D eigenvalue weighted by Gasteiger charge is -2.00. The summed E-state index contributed by atoms with van der Waals surface area (Å²) in [5.41, 5.74) is 6.79. The van der Waals surface area contributed by atoms with Crippen molar-refractivity contribution in [2.24, 2.45) is 0 Å². The molecule has 0 spiro atoms. The van der Waals surface area contributed by atoms with Crippen molar-refractivity contribution >= 4 is 23.1 Å². The molecule has 0 fully saturated rings. The van der Waals surface area contributed by atoms with Crippen molar-refractivity contribution in [1.82, 2.24) is 20.5 Å². The van der Waals surface area contributed by atoms with E-state index in [4.69, 9.17) is 5.73 Å². The van der Waals surface area contributed by atoms with Crippen LogP contribution in [-0.2, 0) is 6.42 Å². The van der Waals surface area contributed by atoms with Gasteiger partial charge in [0.25, 0.3) is 5.91 Å². The van der Waals surface area contributed by atoms with E-state index in [1.807, 2.05) is 12.3 Å². The predicted octanol–water partition coefficient (Wildman–Crippen LogP) is 0.729. The number of thiazole rings is 1. The molecular formula is C10H13N5OS. The number of rotatable bonds is 4. The third-order valence-electron chi connectivity index (χ3n) is 2.13. The van der Waals surface area contributed by atoms with E-state index in [9.17, 15) is 4.79 Å². The monoisotopic (exact) mass is 251 g/mol. The molecule has 2 heterocycles. The molecule has 4 N–H and O–H groups in total. The van der Waals surface area contributed by atoms with Gasteiger partial charge in [-0.2, -0.15) is 5.10 Å². The van der Waals surface area contributed by atoms with E-state index in [2.05, 4.69) is 20.5 Å². The van der Waals surface area contributed by atoms with E-state index in [0.717, 1.165) is 17.1 Å². The Morgan fingerprint density at radius 2 is 2.47 bits per heavy atom. The summed E-state index contributed by atoms with van der Waals surface area (Å²) in [6.45, 7) is 2.50. The number of H-pyrrole nitrogens is 1. The number of nitrogens with two attached hydrogens (primary N) is 1. The second-order valence-corrected chi connectivity index (χ2v) is 4.54. The molecule has 0 radical (unpaired) electrons. The Morgan fingerprint density at radius 1 is 1.65 bits per heavy atom. The van der Waals surface area contributed by atoms with Gasteiger partial charge in [-0.15, -0.1) is 11.3 Å². The van der Waals surface area contributed by atoms with Gasteiger partial charge in [0.2, 0.25) is 0 Å². The minimum absolute atomic E-state index is 0.206. The van der Waals surface area contributed by atoms with Crippen molar-refractivity contribution in [3.63, 3.8) is 0 Å². The molecule has 0 saturated heterocycles. The highest BCUT2D eigenvalue weighted by Gasteiger charge is 2.08. The van der Waals surface area contributed by atoms with Gasteiger partial charge in [0.15, 0.2) is 0 Å². The molecule has 2 aromatic rings. The maximum atomic E-state index is 11.6. The number of hydrogen-bond donors (Lipinski definition) is 3. The lowest BCUT2D eigenvalue weighted by molar-refractivity contribution is 0.0949. The number of nitrogen functional groups attached to an aromatic ring is 1. The van der Waals surface area contributed by atoms with Gasteiger partial charge in [-0.25, -0.2) is 4.98 Å². The minimum Gasteiger partial charge on any atom is -0.382 e. The molecule has 7 heteroatoms. The molecule has 0 aromatic carbocycles. The predicted molar refractivity (Wildman–Crippen MR) is 65.9 cm³/mol.